The van der Waals surface area contributed by atoms with E-state index in [9.17, 15) is 0 Å². The highest BCUT2D eigenvalue weighted by Gasteiger charge is 2.15. The number of fused-ring (bicyclic) bond motifs is 1. The second-order valence-electron chi connectivity index (χ2n) is 5.01. The Balaban J connectivity index is 1.95. The molecule has 0 radical (unpaired) electrons. The van der Waals surface area contributed by atoms with E-state index >= 15 is 0 Å². The summed E-state index contributed by atoms with van der Waals surface area (Å²) < 4.78 is 5.68. The highest BCUT2D eigenvalue weighted by Crippen LogP contribution is 2.25. The van der Waals surface area contributed by atoms with Crippen molar-refractivity contribution in [2.45, 2.75) is 19.4 Å². The topological polar surface area (TPSA) is 51.2 Å². The summed E-state index contributed by atoms with van der Waals surface area (Å²) in [5.41, 5.74) is 4.12. The summed E-state index contributed by atoms with van der Waals surface area (Å²) >= 11 is 0. The van der Waals surface area contributed by atoms with Gasteiger partial charge in [-0.1, -0.05) is 42.5 Å². The first-order valence-corrected chi connectivity index (χ1v) is 6.77. The Hall–Kier alpha value is -2.10. The van der Waals surface area contributed by atoms with Crippen LogP contribution in [0, 0.1) is 6.92 Å². The molecular weight excluding hydrogens is 248 g/mol. The minimum atomic E-state index is -0.0190. The van der Waals surface area contributed by atoms with Crippen LogP contribution in [-0.4, -0.2) is 0 Å². The zero-order chi connectivity index (χ0) is 13.9. The van der Waals surface area contributed by atoms with Gasteiger partial charge in [-0.15, -0.1) is 0 Å². The van der Waals surface area contributed by atoms with E-state index in [1.807, 2.05) is 19.1 Å². The third-order valence-electron chi connectivity index (χ3n) is 3.61. The number of furan rings is 1. The van der Waals surface area contributed by atoms with Crippen molar-refractivity contribution in [3.63, 3.8) is 0 Å². The number of benzene rings is 2. The van der Waals surface area contributed by atoms with E-state index < -0.39 is 0 Å². The highest BCUT2D eigenvalue weighted by molar-refractivity contribution is 5.85. The molecule has 1 heterocycles. The summed E-state index contributed by atoms with van der Waals surface area (Å²) in [7, 11) is 0. The van der Waals surface area contributed by atoms with Gasteiger partial charge in [0.1, 0.15) is 11.5 Å². The first kappa shape index (κ1) is 12.9. The molecule has 3 rings (SSSR count). The molecule has 2 aromatic carbocycles. The average molecular weight is 266 g/mol. The summed E-state index contributed by atoms with van der Waals surface area (Å²) in [6.07, 6.45) is 0.796. The number of nitrogens with two attached hydrogens (primary N) is 1. The molecular formula is C17H18N2O. The molecule has 1 atom stereocenters. The van der Waals surface area contributed by atoms with Crippen LogP contribution >= 0.6 is 0 Å². The minimum Gasteiger partial charge on any atom is -0.465 e. The Morgan fingerprint density at radius 3 is 2.60 bits per heavy atom. The molecule has 3 nitrogen and oxygen atoms in total. The molecule has 0 aliphatic heterocycles. The number of aryl methyl sites for hydroxylation is 1. The van der Waals surface area contributed by atoms with Crippen LogP contribution in [0.4, 0.5) is 0 Å². The molecule has 0 spiro atoms. The van der Waals surface area contributed by atoms with Crippen molar-refractivity contribution in [1.82, 2.24) is 5.43 Å². The van der Waals surface area contributed by atoms with Crippen LogP contribution in [0.5, 0.6) is 0 Å². The summed E-state index contributed by atoms with van der Waals surface area (Å²) in [5.74, 6) is 7.47. The van der Waals surface area contributed by atoms with E-state index in [1.54, 1.807) is 0 Å². The zero-order valence-electron chi connectivity index (χ0n) is 11.5. The van der Waals surface area contributed by atoms with Gasteiger partial charge in [-0.2, -0.15) is 0 Å². The van der Waals surface area contributed by atoms with Crippen molar-refractivity contribution in [3.05, 3.63) is 71.7 Å². The molecule has 20 heavy (non-hydrogen) atoms. The van der Waals surface area contributed by atoms with Gasteiger partial charge in [0.15, 0.2) is 0 Å². The predicted molar refractivity (Wildman–Crippen MR) is 81.2 cm³/mol. The fourth-order valence-electron chi connectivity index (χ4n) is 2.57. The third-order valence-corrected chi connectivity index (χ3v) is 3.61. The molecule has 1 aromatic heterocycles. The summed E-state index contributed by atoms with van der Waals surface area (Å²) in [6.45, 7) is 1.94. The molecule has 0 saturated carbocycles. The van der Waals surface area contributed by atoms with Crippen LogP contribution in [-0.2, 0) is 6.42 Å². The van der Waals surface area contributed by atoms with E-state index in [2.05, 4.69) is 47.9 Å². The molecule has 0 amide bonds. The number of hydrogen-bond acceptors (Lipinski definition) is 3. The van der Waals surface area contributed by atoms with Crippen molar-refractivity contribution < 1.29 is 4.42 Å². The van der Waals surface area contributed by atoms with Gasteiger partial charge in [0.05, 0.1) is 6.04 Å². The standard InChI is InChI=1S/C17H18N2O/c1-12-9-10-17(20-12)16(19-18)11-14-7-4-6-13-5-2-3-8-15(13)14/h2-10,16,19H,11,18H2,1H3. The molecule has 102 valence electrons. The molecule has 0 saturated heterocycles. The average Bonchev–Trinajstić information content (AvgIpc) is 2.91. The second kappa shape index (κ2) is 5.49. The fourth-order valence-corrected chi connectivity index (χ4v) is 2.57. The maximum Gasteiger partial charge on any atom is 0.122 e. The van der Waals surface area contributed by atoms with Crippen LogP contribution in [0.1, 0.15) is 23.1 Å². The Morgan fingerprint density at radius 1 is 1.05 bits per heavy atom. The lowest BCUT2D eigenvalue weighted by molar-refractivity contribution is 0.403. The van der Waals surface area contributed by atoms with Crippen molar-refractivity contribution in [3.8, 4) is 0 Å². The van der Waals surface area contributed by atoms with Crippen molar-refractivity contribution in [1.29, 1.82) is 0 Å². The molecule has 3 N–H and O–H groups in total. The van der Waals surface area contributed by atoms with Crippen molar-refractivity contribution in [2.24, 2.45) is 5.84 Å². The van der Waals surface area contributed by atoms with Crippen molar-refractivity contribution >= 4 is 10.8 Å². The van der Waals surface area contributed by atoms with Gasteiger partial charge in [-0.3, -0.25) is 5.84 Å². The van der Waals surface area contributed by atoms with E-state index in [4.69, 9.17) is 10.3 Å². The van der Waals surface area contributed by atoms with Crippen LogP contribution in [0.25, 0.3) is 10.8 Å². The van der Waals surface area contributed by atoms with Gasteiger partial charge in [0, 0.05) is 0 Å². The molecule has 0 bridgehead atoms. The monoisotopic (exact) mass is 266 g/mol. The highest BCUT2D eigenvalue weighted by atomic mass is 16.3. The zero-order valence-corrected chi connectivity index (χ0v) is 11.5. The summed E-state index contributed by atoms with van der Waals surface area (Å²) in [6, 6.07) is 18.7. The van der Waals surface area contributed by atoms with E-state index in [0.29, 0.717) is 0 Å². The lowest BCUT2D eigenvalue weighted by atomic mass is 9.98. The number of hydrazine groups is 1. The second-order valence-corrected chi connectivity index (χ2v) is 5.01. The van der Waals surface area contributed by atoms with Gasteiger partial charge >= 0.3 is 0 Å². The Bertz CT molecular complexity index is 712. The van der Waals surface area contributed by atoms with Gasteiger partial charge in [-0.05, 0) is 41.8 Å². The number of nitrogens with one attached hydrogen (secondary N) is 1. The van der Waals surface area contributed by atoms with Gasteiger partial charge in [-0.25, -0.2) is 5.43 Å². The minimum absolute atomic E-state index is 0.0190. The Morgan fingerprint density at radius 2 is 1.85 bits per heavy atom. The lowest BCUT2D eigenvalue weighted by Gasteiger charge is -2.15. The Labute approximate surface area is 118 Å². The number of hydrogen-bond donors (Lipinski definition) is 2. The maximum absolute atomic E-state index is 5.70. The van der Waals surface area contributed by atoms with Crippen LogP contribution < -0.4 is 11.3 Å². The first-order chi connectivity index (χ1) is 9.78. The smallest absolute Gasteiger partial charge is 0.122 e. The van der Waals surface area contributed by atoms with Gasteiger partial charge in [0.25, 0.3) is 0 Å². The van der Waals surface area contributed by atoms with Crippen molar-refractivity contribution in [2.75, 3.05) is 0 Å². The molecule has 3 aromatic rings. The molecule has 3 heteroatoms. The fraction of sp³-hybridized carbons (Fsp3) is 0.176. The predicted octanol–water partition coefficient (Wildman–Crippen LogP) is 3.49. The van der Waals surface area contributed by atoms with Crippen LogP contribution in [0.15, 0.2) is 59.0 Å². The maximum atomic E-state index is 5.70. The molecule has 0 aliphatic rings. The van der Waals surface area contributed by atoms with Crippen LogP contribution in [0.3, 0.4) is 0 Å². The van der Waals surface area contributed by atoms with Gasteiger partial charge in [0.2, 0.25) is 0 Å². The molecule has 0 fully saturated rings. The quantitative estimate of drug-likeness (QED) is 0.561. The van der Waals surface area contributed by atoms with E-state index in [1.165, 1.54) is 16.3 Å². The largest absolute Gasteiger partial charge is 0.465 e. The SMILES string of the molecule is Cc1ccc(C(Cc2cccc3ccccc23)NN)o1. The molecule has 1 unspecified atom stereocenters. The Kier molecular flexibility index (Phi) is 3.54. The third kappa shape index (κ3) is 2.46. The lowest BCUT2D eigenvalue weighted by Crippen LogP contribution is -2.29. The van der Waals surface area contributed by atoms with E-state index in [0.717, 1.165) is 17.9 Å². The summed E-state index contributed by atoms with van der Waals surface area (Å²) in [5, 5.41) is 2.51. The molecule has 0 aliphatic carbocycles. The first-order valence-electron chi connectivity index (χ1n) is 6.77. The number of rotatable bonds is 4. The van der Waals surface area contributed by atoms with E-state index in [-0.39, 0.29) is 6.04 Å². The normalized spacial score (nSPS) is 12.7. The van der Waals surface area contributed by atoms with Crippen LogP contribution in [0.2, 0.25) is 0 Å². The van der Waals surface area contributed by atoms with Gasteiger partial charge < -0.3 is 4.42 Å². The summed E-state index contributed by atoms with van der Waals surface area (Å²) in [4.78, 5) is 0.